The third-order valence-electron chi connectivity index (χ3n) is 5.61. The van der Waals surface area contributed by atoms with Gasteiger partial charge in [-0.1, -0.05) is 31.2 Å². The molecule has 1 aliphatic carbocycles. The zero-order valence-electron chi connectivity index (χ0n) is 15.5. The van der Waals surface area contributed by atoms with Crippen LogP contribution in [0.25, 0.3) is 0 Å². The topological polar surface area (TPSA) is 61.4 Å². The van der Waals surface area contributed by atoms with Gasteiger partial charge in [0.1, 0.15) is 0 Å². The lowest BCUT2D eigenvalue weighted by Crippen LogP contribution is -2.60. The zero-order valence-corrected chi connectivity index (χ0v) is 15.5. The van der Waals surface area contributed by atoms with Crippen LogP contribution >= 0.6 is 0 Å². The molecule has 0 radical (unpaired) electrons. The van der Waals surface area contributed by atoms with Crippen molar-refractivity contribution < 1.29 is 9.59 Å². The number of amides is 2. The van der Waals surface area contributed by atoms with Gasteiger partial charge in [0.2, 0.25) is 11.8 Å². The van der Waals surface area contributed by atoms with Gasteiger partial charge in [-0.25, -0.2) is 0 Å². The third kappa shape index (κ3) is 4.03. The average Bonchev–Trinajstić information content (AvgIpc) is 3.00. The molecule has 1 heterocycles. The zero-order chi connectivity index (χ0) is 18.0. The largest absolute Gasteiger partial charge is 0.353 e. The molecule has 1 saturated heterocycles. The molecule has 1 aliphatic heterocycles. The standard InChI is InChI=1S/C20H29N3O2/c1-4-20(2,3)22-18(24)13-17-19(25)21-9-10-23(17)16-11-14-7-5-6-8-15(14)12-16/h5-8,16-17H,4,9-13H2,1-3H3,(H,21,25)(H,22,24). The first-order valence-corrected chi connectivity index (χ1v) is 9.31. The number of hydrogen-bond acceptors (Lipinski definition) is 3. The number of fused-ring (bicyclic) bond motifs is 1. The number of carbonyl (C=O) groups excluding carboxylic acids is 2. The van der Waals surface area contributed by atoms with Crippen LogP contribution < -0.4 is 10.6 Å². The van der Waals surface area contributed by atoms with Crippen LogP contribution in [0.5, 0.6) is 0 Å². The second-order valence-electron chi connectivity index (χ2n) is 7.87. The van der Waals surface area contributed by atoms with Crippen molar-refractivity contribution in [2.75, 3.05) is 13.1 Å². The number of nitrogens with zero attached hydrogens (tertiary/aromatic N) is 1. The number of nitrogens with one attached hydrogen (secondary N) is 2. The summed E-state index contributed by atoms with van der Waals surface area (Å²) >= 11 is 0. The number of piperazine rings is 1. The van der Waals surface area contributed by atoms with Crippen molar-refractivity contribution in [3.05, 3.63) is 35.4 Å². The second kappa shape index (κ2) is 7.16. The Balaban J connectivity index is 1.70. The maximum absolute atomic E-state index is 12.5. The fourth-order valence-electron chi connectivity index (χ4n) is 3.84. The van der Waals surface area contributed by atoms with Gasteiger partial charge in [-0.05, 0) is 44.2 Å². The lowest BCUT2D eigenvalue weighted by molar-refractivity contribution is -0.135. The van der Waals surface area contributed by atoms with E-state index in [1.54, 1.807) is 0 Å². The number of rotatable bonds is 5. The molecule has 5 nitrogen and oxygen atoms in total. The Labute approximate surface area is 150 Å². The molecule has 1 fully saturated rings. The lowest BCUT2D eigenvalue weighted by atomic mass is 9.99. The van der Waals surface area contributed by atoms with Crippen molar-refractivity contribution in [2.45, 2.75) is 64.1 Å². The van der Waals surface area contributed by atoms with Crippen LogP contribution in [0.3, 0.4) is 0 Å². The van der Waals surface area contributed by atoms with Gasteiger partial charge in [0.15, 0.2) is 0 Å². The van der Waals surface area contributed by atoms with E-state index in [2.05, 4.69) is 46.7 Å². The molecule has 0 bridgehead atoms. The van der Waals surface area contributed by atoms with Crippen LogP contribution in [0.2, 0.25) is 0 Å². The quantitative estimate of drug-likeness (QED) is 0.855. The average molecular weight is 343 g/mol. The van der Waals surface area contributed by atoms with E-state index in [0.29, 0.717) is 12.6 Å². The van der Waals surface area contributed by atoms with Gasteiger partial charge in [-0.3, -0.25) is 14.5 Å². The Bertz CT molecular complexity index is 631. The fourth-order valence-corrected chi connectivity index (χ4v) is 3.84. The predicted octanol–water partition coefficient (Wildman–Crippen LogP) is 1.65. The Hall–Kier alpha value is -1.88. The summed E-state index contributed by atoms with van der Waals surface area (Å²) in [6.07, 6.45) is 3.00. The summed E-state index contributed by atoms with van der Waals surface area (Å²) in [7, 11) is 0. The number of benzene rings is 1. The van der Waals surface area contributed by atoms with Gasteiger partial charge >= 0.3 is 0 Å². The highest BCUT2D eigenvalue weighted by molar-refractivity contribution is 5.89. The molecule has 5 heteroatoms. The normalized spacial score (nSPS) is 21.7. The predicted molar refractivity (Wildman–Crippen MR) is 98.3 cm³/mol. The SMILES string of the molecule is CCC(C)(C)NC(=O)CC1C(=O)NCCN1C1Cc2ccccc2C1. The Kier molecular flexibility index (Phi) is 5.13. The van der Waals surface area contributed by atoms with Gasteiger partial charge in [-0.15, -0.1) is 0 Å². The molecule has 0 saturated carbocycles. The van der Waals surface area contributed by atoms with Crippen LogP contribution in [0, 0.1) is 0 Å². The van der Waals surface area contributed by atoms with Gasteiger partial charge in [-0.2, -0.15) is 0 Å². The summed E-state index contributed by atoms with van der Waals surface area (Å²) in [4.78, 5) is 27.2. The summed E-state index contributed by atoms with van der Waals surface area (Å²) in [6.45, 7) is 7.54. The van der Waals surface area contributed by atoms with Gasteiger partial charge in [0, 0.05) is 24.7 Å². The lowest BCUT2D eigenvalue weighted by Gasteiger charge is -2.39. The van der Waals surface area contributed by atoms with Crippen LogP contribution in [-0.2, 0) is 22.4 Å². The van der Waals surface area contributed by atoms with E-state index in [1.807, 2.05) is 13.8 Å². The van der Waals surface area contributed by atoms with Gasteiger partial charge in [0.05, 0.1) is 12.5 Å². The van der Waals surface area contributed by atoms with Crippen LogP contribution in [0.1, 0.15) is 44.7 Å². The van der Waals surface area contributed by atoms with Crippen LogP contribution in [0.15, 0.2) is 24.3 Å². The summed E-state index contributed by atoms with van der Waals surface area (Å²) in [5, 5.41) is 5.98. The molecule has 1 atom stereocenters. The Morgan fingerprint density at radius 2 is 1.92 bits per heavy atom. The maximum Gasteiger partial charge on any atom is 0.237 e. The molecular formula is C20H29N3O2. The molecular weight excluding hydrogens is 314 g/mol. The number of carbonyl (C=O) groups is 2. The van der Waals surface area contributed by atoms with E-state index in [-0.39, 0.29) is 29.8 Å². The highest BCUT2D eigenvalue weighted by Crippen LogP contribution is 2.28. The van der Waals surface area contributed by atoms with E-state index < -0.39 is 0 Å². The smallest absolute Gasteiger partial charge is 0.237 e. The molecule has 25 heavy (non-hydrogen) atoms. The Morgan fingerprint density at radius 1 is 1.28 bits per heavy atom. The Morgan fingerprint density at radius 3 is 2.52 bits per heavy atom. The summed E-state index contributed by atoms with van der Waals surface area (Å²) in [5.74, 6) is -0.0685. The van der Waals surface area contributed by atoms with Crippen molar-refractivity contribution in [1.82, 2.24) is 15.5 Å². The summed E-state index contributed by atoms with van der Waals surface area (Å²) in [6, 6.07) is 8.42. The second-order valence-corrected chi connectivity index (χ2v) is 7.87. The molecule has 2 N–H and O–H groups in total. The number of hydrogen-bond donors (Lipinski definition) is 2. The summed E-state index contributed by atoms with van der Waals surface area (Å²) < 4.78 is 0. The van der Waals surface area contributed by atoms with Crippen molar-refractivity contribution >= 4 is 11.8 Å². The summed E-state index contributed by atoms with van der Waals surface area (Å²) in [5.41, 5.74) is 2.50. The highest BCUT2D eigenvalue weighted by atomic mass is 16.2. The van der Waals surface area contributed by atoms with E-state index in [1.165, 1.54) is 11.1 Å². The molecule has 0 spiro atoms. The van der Waals surface area contributed by atoms with Crippen LogP contribution in [0.4, 0.5) is 0 Å². The van der Waals surface area contributed by atoms with Crippen molar-refractivity contribution in [3.63, 3.8) is 0 Å². The molecule has 2 aliphatic rings. The first-order valence-electron chi connectivity index (χ1n) is 9.31. The van der Waals surface area contributed by atoms with Crippen LogP contribution in [-0.4, -0.2) is 47.4 Å². The highest BCUT2D eigenvalue weighted by Gasteiger charge is 2.38. The molecule has 1 aromatic rings. The van der Waals surface area contributed by atoms with Crippen molar-refractivity contribution in [3.8, 4) is 0 Å². The first-order chi connectivity index (χ1) is 11.9. The minimum Gasteiger partial charge on any atom is -0.353 e. The third-order valence-corrected chi connectivity index (χ3v) is 5.61. The minimum absolute atomic E-state index is 0.0216. The monoisotopic (exact) mass is 343 g/mol. The molecule has 3 rings (SSSR count). The fraction of sp³-hybridized carbons (Fsp3) is 0.600. The molecule has 136 valence electrons. The maximum atomic E-state index is 12.5. The van der Waals surface area contributed by atoms with Gasteiger partial charge in [0.25, 0.3) is 0 Å². The minimum atomic E-state index is -0.374. The molecule has 0 aromatic heterocycles. The van der Waals surface area contributed by atoms with Crippen molar-refractivity contribution in [2.24, 2.45) is 0 Å². The van der Waals surface area contributed by atoms with E-state index >= 15 is 0 Å². The van der Waals surface area contributed by atoms with Crippen molar-refractivity contribution in [1.29, 1.82) is 0 Å². The first kappa shape index (κ1) is 17.9. The molecule has 1 aromatic carbocycles. The van der Waals surface area contributed by atoms with E-state index in [0.717, 1.165) is 25.8 Å². The van der Waals surface area contributed by atoms with Gasteiger partial charge < -0.3 is 10.6 Å². The molecule has 1 unspecified atom stereocenters. The molecule has 2 amide bonds. The van der Waals surface area contributed by atoms with E-state index in [9.17, 15) is 9.59 Å². The van der Waals surface area contributed by atoms with E-state index in [4.69, 9.17) is 0 Å².